The molecule has 1 aromatic heterocycles. The van der Waals surface area contributed by atoms with Crippen LogP contribution in [0.2, 0.25) is 0 Å². The minimum Gasteiger partial charge on any atom is -0.336 e. The van der Waals surface area contributed by atoms with Crippen LogP contribution in [0.1, 0.15) is 42.1 Å². The highest BCUT2D eigenvalue weighted by Gasteiger charge is 2.30. The molecular formula is C24H27FN4O3S. The molecule has 1 fully saturated rings. The predicted molar refractivity (Wildman–Crippen MR) is 123 cm³/mol. The summed E-state index contributed by atoms with van der Waals surface area (Å²) < 4.78 is 43.4. The normalized spacial score (nSPS) is 16.0. The van der Waals surface area contributed by atoms with Crippen LogP contribution in [-0.4, -0.2) is 59.5 Å². The number of halogens is 1. The first-order valence-corrected chi connectivity index (χ1v) is 12.4. The number of sulfonamides is 1. The molecule has 2 aromatic carbocycles. The number of rotatable bonds is 6. The Balaban J connectivity index is 1.42. The van der Waals surface area contributed by atoms with Gasteiger partial charge in [-0.2, -0.15) is 9.40 Å². The van der Waals surface area contributed by atoms with Crippen molar-refractivity contribution in [3.05, 3.63) is 77.9 Å². The molecule has 9 heteroatoms. The molecule has 1 atom stereocenters. The second-order valence-electron chi connectivity index (χ2n) is 8.19. The average molecular weight is 471 g/mol. The van der Waals surface area contributed by atoms with Crippen LogP contribution >= 0.6 is 0 Å². The zero-order valence-corrected chi connectivity index (χ0v) is 19.5. The summed E-state index contributed by atoms with van der Waals surface area (Å²) in [5, 5.41) is 4.00. The molecule has 1 saturated heterocycles. The van der Waals surface area contributed by atoms with Gasteiger partial charge in [0.15, 0.2) is 0 Å². The summed E-state index contributed by atoms with van der Waals surface area (Å²) in [6, 6.07) is 13.0. The minimum absolute atomic E-state index is 0.190. The van der Waals surface area contributed by atoms with Gasteiger partial charge in [0, 0.05) is 44.1 Å². The second kappa shape index (κ2) is 9.44. The van der Waals surface area contributed by atoms with E-state index in [0.717, 1.165) is 12.0 Å². The van der Waals surface area contributed by atoms with Crippen molar-refractivity contribution < 1.29 is 17.6 Å². The number of benzene rings is 2. The van der Waals surface area contributed by atoms with Gasteiger partial charge in [-0.25, -0.2) is 17.5 Å². The molecule has 1 aliphatic rings. The molecule has 0 N–H and O–H groups in total. The highest BCUT2D eigenvalue weighted by Crippen LogP contribution is 2.23. The maximum Gasteiger partial charge on any atom is 0.254 e. The number of aromatic nitrogens is 2. The van der Waals surface area contributed by atoms with E-state index in [1.54, 1.807) is 41.6 Å². The third-order valence-electron chi connectivity index (χ3n) is 6.17. The fraction of sp³-hybridized carbons (Fsp3) is 0.333. The van der Waals surface area contributed by atoms with Crippen molar-refractivity contribution in [3.8, 4) is 5.69 Å². The van der Waals surface area contributed by atoms with Crippen molar-refractivity contribution in [2.45, 2.75) is 31.1 Å². The fourth-order valence-corrected chi connectivity index (χ4v) is 5.33. The Kier molecular flexibility index (Phi) is 6.62. The van der Waals surface area contributed by atoms with Crippen LogP contribution in [0.3, 0.4) is 0 Å². The molecule has 0 radical (unpaired) electrons. The standard InChI is InChI=1S/C24H27FN4O3S/c1-3-18(2)19-5-8-21(9-6-19)33(31,32)28-15-13-27(14-16-28)24(30)20-7-10-23(22(25)17-20)29-12-4-11-26-29/h4-12,17-18H,3,13-16H2,1-2H3. The van der Waals surface area contributed by atoms with Gasteiger partial charge in [0.2, 0.25) is 10.0 Å². The Morgan fingerprint density at radius 3 is 2.36 bits per heavy atom. The minimum atomic E-state index is -3.64. The molecular weight excluding hydrogens is 443 g/mol. The maximum absolute atomic E-state index is 14.5. The largest absolute Gasteiger partial charge is 0.336 e. The van der Waals surface area contributed by atoms with Gasteiger partial charge in [-0.15, -0.1) is 0 Å². The van der Waals surface area contributed by atoms with Crippen LogP contribution in [0.15, 0.2) is 65.8 Å². The number of carbonyl (C=O) groups is 1. The van der Waals surface area contributed by atoms with Crippen molar-refractivity contribution >= 4 is 15.9 Å². The van der Waals surface area contributed by atoms with Gasteiger partial charge in [0.1, 0.15) is 11.5 Å². The lowest BCUT2D eigenvalue weighted by molar-refractivity contribution is 0.0697. The molecule has 174 valence electrons. The lowest BCUT2D eigenvalue weighted by Gasteiger charge is -2.34. The third-order valence-corrected chi connectivity index (χ3v) is 8.08. The van der Waals surface area contributed by atoms with Crippen molar-refractivity contribution in [2.24, 2.45) is 0 Å². The molecule has 0 saturated carbocycles. The van der Waals surface area contributed by atoms with Gasteiger partial charge in [0.05, 0.1) is 4.90 Å². The topological polar surface area (TPSA) is 75.5 Å². The summed E-state index contributed by atoms with van der Waals surface area (Å²) in [5.41, 5.74) is 1.59. The van der Waals surface area contributed by atoms with E-state index in [4.69, 9.17) is 0 Å². The summed E-state index contributed by atoms with van der Waals surface area (Å²) >= 11 is 0. The molecule has 1 aliphatic heterocycles. The zero-order valence-electron chi connectivity index (χ0n) is 18.7. The van der Waals surface area contributed by atoms with E-state index in [-0.39, 0.29) is 48.2 Å². The van der Waals surface area contributed by atoms with Gasteiger partial charge in [0.25, 0.3) is 5.91 Å². The fourth-order valence-electron chi connectivity index (χ4n) is 3.90. The average Bonchev–Trinajstić information content (AvgIpc) is 3.38. The molecule has 1 unspecified atom stereocenters. The Bertz CT molecular complexity index is 1220. The van der Waals surface area contributed by atoms with E-state index in [1.807, 2.05) is 12.1 Å². The van der Waals surface area contributed by atoms with Crippen LogP contribution in [0, 0.1) is 5.82 Å². The van der Waals surface area contributed by atoms with Crippen LogP contribution in [0.5, 0.6) is 0 Å². The summed E-state index contributed by atoms with van der Waals surface area (Å²) in [5.74, 6) is -0.503. The molecule has 2 heterocycles. The highest BCUT2D eigenvalue weighted by molar-refractivity contribution is 7.89. The van der Waals surface area contributed by atoms with Crippen molar-refractivity contribution in [3.63, 3.8) is 0 Å². The molecule has 3 aromatic rings. The number of piperazine rings is 1. The van der Waals surface area contributed by atoms with E-state index in [1.165, 1.54) is 21.1 Å². The molecule has 7 nitrogen and oxygen atoms in total. The van der Waals surface area contributed by atoms with Crippen LogP contribution < -0.4 is 0 Å². The maximum atomic E-state index is 14.5. The number of carbonyl (C=O) groups excluding carboxylic acids is 1. The number of amides is 1. The molecule has 0 bridgehead atoms. The second-order valence-corrected chi connectivity index (χ2v) is 10.1. The van der Waals surface area contributed by atoms with E-state index in [2.05, 4.69) is 18.9 Å². The van der Waals surface area contributed by atoms with E-state index in [0.29, 0.717) is 5.92 Å². The molecule has 1 amide bonds. The number of hydrogen-bond acceptors (Lipinski definition) is 4. The van der Waals surface area contributed by atoms with Crippen molar-refractivity contribution in [1.82, 2.24) is 19.0 Å². The summed E-state index contributed by atoms with van der Waals surface area (Å²) in [4.78, 5) is 14.7. The zero-order chi connectivity index (χ0) is 23.6. The third kappa shape index (κ3) is 4.69. The van der Waals surface area contributed by atoms with Gasteiger partial charge >= 0.3 is 0 Å². The van der Waals surface area contributed by atoms with Crippen LogP contribution in [-0.2, 0) is 10.0 Å². The quantitative estimate of drug-likeness (QED) is 0.551. The molecule has 0 aliphatic carbocycles. The van der Waals surface area contributed by atoms with Crippen molar-refractivity contribution in [2.75, 3.05) is 26.2 Å². The predicted octanol–water partition coefficient (Wildman–Crippen LogP) is 3.67. The van der Waals surface area contributed by atoms with Crippen LogP contribution in [0.25, 0.3) is 5.69 Å². The summed E-state index contributed by atoms with van der Waals surface area (Å²) in [6.45, 7) is 5.07. The Labute approximate surface area is 193 Å². The van der Waals surface area contributed by atoms with Crippen LogP contribution in [0.4, 0.5) is 4.39 Å². The van der Waals surface area contributed by atoms with E-state index in [9.17, 15) is 17.6 Å². The highest BCUT2D eigenvalue weighted by atomic mass is 32.2. The number of nitrogens with zero attached hydrogens (tertiary/aromatic N) is 4. The Hall–Kier alpha value is -3.04. The van der Waals surface area contributed by atoms with Gasteiger partial charge in [-0.05, 0) is 54.3 Å². The van der Waals surface area contributed by atoms with Gasteiger partial charge < -0.3 is 4.90 Å². The molecule has 33 heavy (non-hydrogen) atoms. The van der Waals surface area contributed by atoms with Crippen molar-refractivity contribution in [1.29, 1.82) is 0 Å². The Morgan fingerprint density at radius 1 is 1.09 bits per heavy atom. The van der Waals surface area contributed by atoms with E-state index < -0.39 is 15.8 Å². The first-order chi connectivity index (χ1) is 15.8. The van der Waals surface area contributed by atoms with Gasteiger partial charge in [-0.1, -0.05) is 26.0 Å². The molecule has 0 spiro atoms. The monoisotopic (exact) mass is 470 g/mol. The first kappa shape index (κ1) is 23.1. The molecule has 4 rings (SSSR count). The Morgan fingerprint density at radius 2 is 1.79 bits per heavy atom. The SMILES string of the molecule is CCC(C)c1ccc(S(=O)(=O)N2CCN(C(=O)c3ccc(-n4cccn4)c(F)c3)CC2)cc1. The summed E-state index contributed by atoms with van der Waals surface area (Å²) in [7, 11) is -3.64. The first-order valence-electron chi connectivity index (χ1n) is 11.0. The van der Waals surface area contributed by atoms with E-state index >= 15 is 0 Å². The smallest absolute Gasteiger partial charge is 0.254 e. The lowest BCUT2D eigenvalue weighted by Crippen LogP contribution is -2.50. The summed E-state index contributed by atoms with van der Waals surface area (Å²) in [6.07, 6.45) is 4.15. The number of hydrogen-bond donors (Lipinski definition) is 0. The lowest BCUT2D eigenvalue weighted by atomic mass is 9.99. The van der Waals surface area contributed by atoms with Gasteiger partial charge in [-0.3, -0.25) is 4.79 Å².